The van der Waals surface area contributed by atoms with Gasteiger partial charge in [0.2, 0.25) is 5.91 Å². The summed E-state index contributed by atoms with van der Waals surface area (Å²) in [4.78, 5) is 25.3. The van der Waals surface area contributed by atoms with Crippen molar-refractivity contribution < 1.29 is 14.7 Å². The molecule has 0 aliphatic carbocycles. The molecule has 1 amide bonds. The highest BCUT2D eigenvalue weighted by atomic mass is 16.4. The second-order valence-corrected chi connectivity index (χ2v) is 2.98. The second kappa shape index (κ2) is 3.09. The summed E-state index contributed by atoms with van der Waals surface area (Å²) in [6.45, 7) is 0. The molecule has 0 atom stereocenters. The Kier molecular flexibility index (Phi) is 1.89. The van der Waals surface area contributed by atoms with Crippen LogP contribution in [0.1, 0.15) is 20.8 Å². The van der Waals surface area contributed by atoms with Crippen molar-refractivity contribution in [1.82, 2.24) is 9.38 Å². The van der Waals surface area contributed by atoms with Crippen LogP contribution in [0.3, 0.4) is 0 Å². The molecule has 76 valence electrons. The van der Waals surface area contributed by atoms with Crippen molar-refractivity contribution in [3.05, 3.63) is 35.8 Å². The molecule has 2 aromatic heterocycles. The first kappa shape index (κ1) is 9.20. The number of pyridine rings is 1. The van der Waals surface area contributed by atoms with Gasteiger partial charge in [-0.15, -0.1) is 0 Å². The third-order valence-corrected chi connectivity index (χ3v) is 1.95. The molecule has 0 aromatic carbocycles. The Morgan fingerprint density at radius 1 is 1.33 bits per heavy atom. The van der Waals surface area contributed by atoms with Gasteiger partial charge in [0.25, 0.3) is 0 Å². The molecule has 3 N–H and O–H groups in total. The predicted octanol–water partition coefficient (Wildman–Crippen LogP) is 0.131. The number of carboxylic acid groups (broad SMARTS) is 1. The van der Waals surface area contributed by atoms with Gasteiger partial charge in [-0.2, -0.15) is 0 Å². The van der Waals surface area contributed by atoms with Gasteiger partial charge in [0.15, 0.2) is 5.69 Å². The van der Waals surface area contributed by atoms with E-state index >= 15 is 0 Å². The van der Waals surface area contributed by atoms with E-state index in [1.165, 1.54) is 28.9 Å². The van der Waals surface area contributed by atoms with Gasteiger partial charge in [0.05, 0.1) is 5.56 Å². The molecule has 0 saturated carbocycles. The SMILES string of the molecule is NC(=O)c1ccc2nc(C(=O)O)cn2c1. The first-order valence-corrected chi connectivity index (χ1v) is 4.10. The Balaban J connectivity index is 2.62. The van der Waals surface area contributed by atoms with E-state index in [2.05, 4.69) is 4.98 Å². The Labute approximate surface area is 84.0 Å². The van der Waals surface area contributed by atoms with Gasteiger partial charge in [0.1, 0.15) is 5.65 Å². The summed E-state index contributed by atoms with van der Waals surface area (Å²) in [5, 5.41) is 8.70. The average molecular weight is 205 g/mol. The van der Waals surface area contributed by atoms with Crippen LogP contribution in [-0.2, 0) is 0 Å². The Morgan fingerprint density at radius 3 is 2.67 bits per heavy atom. The monoisotopic (exact) mass is 205 g/mol. The number of aromatic nitrogens is 2. The van der Waals surface area contributed by atoms with Crippen LogP contribution in [-0.4, -0.2) is 26.4 Å². The fourth-order valence-corrected chi connectivity index (χ4v) is 1.24. The van der Waals surface area contributed by atoms with Crippen molar-refractivity contribution in [3.63, 3.8) is 0 Å². The number of rotatable bonds is 2. The van der Waals surface area contributed by atoms with Crippen LogP contribution in [0.15, 0.2) is 24.5 Å². The highest BCUT2D eigenvalue weighted by Gasteiger charge is 2.09. The number of hydrogen-bond acceptors (Lipinski definition) is 3. The molecule has 0 spiro atoms. The fraction of sp³-hybridized carbons (Fsp3) is 0. The molecule has 0 fully saturated rings. The second-order valence-electron chi connectivity index (χ2n) is 2.98. The van der Waals surface area contributed by atoms with Crippen LogP contribution in [0.2, 0.25) is 0 Å². The van der Waals surface area contributed by atoms with Crippen molar-refractivity contribution in [1.29, 1.82) is 0 Å². The summed E-state index contributed by atoms with van der Waals surface area (Å²) < 4.78 is 1.45. The van der Waals surface area contributed by atoms with Gasteiger partial charge in [0, 0.05) is 12.4 Å². The third-order valence-electron chi connectivity index (χ3n) is 1.95. The predicted molar refractivity (Wildman–Crippen MR) is 50.7 cm³/mol. The average Bonchev–Trinajstić information content (AvgIpc) is 2.59. The zero-order valence-corrected chi connectivity index (χ0v) is 7.54. The number of carboxylic acids is 1. The molecule has 0 radical (unpaired) electrons. The molecular weight excluding hydrogens is 198 g/mol. The molecule has 0 aliphatic rings. The first-order chi connectivity index (χ1) is 7.08. The normalized spacial score (nSPS) is 10.4. The number of primary amides is 1. The highest BCUT2D eigenvalue weighted by molar-refractivity contribution is 5.93. The van der Waals surface area contributed by atoms with Crippen molar-refractivity contribution in [3.8, 4) is 0 Å². The lowest BCUT2D eigenvalue weighted by molar-refractivity contribution is 0.0691. The maximum Gasteiger partial charge on any atom is 0.356 e. The van der Waals surface area contributed by atoms with Crippen molar-refractivity contribution in [2.24, 2.45) is 5.73 Å². The van der Waals surface area contributed by atoms with Crippen LogP contribution in [0.4, 0.5) is 0 Å². The molecule has 2 heterocycles. The van der Waals surface area contributed by atoms with Gasteiger partial charge >= 0.3 is 5.97 Å². The summed E-state index contributed by atoms with van der Waals surface area (Å²) in [5.74, 6) is -1.68. The van der Waals surface area contributed by atoms with Crippen molar-refractivity contribution >= 4 is 17.5 Å². The van der Waals surface area contributed by atoms with Gasteiger partial charge in [-0.3, -0.25) is 4.79 Å². The number of imidazole rings is 1. The standard InChI is InChI=1S/C9H7N3O3/c10-8(13)5-1-2-7-11-6(9(14)15)4-12(7)3-5/h1-4H,(H2,10,13)(H,14,15). The lowest BCUT2D eigenvalue weighted by atomic mass is 10.3. The summed E-state index contributed by atoms with van der Waals surface area (Å²) in [7, 11) is 0. The largest absolute Gasteiger partial charge is 0.476 e. The fourth-order valence-electron chi connectivity index (χ4n) is 1.24. The maximum atomic E-state index is 10.9. The van der Waals surface area contributed by atoms with E-state index < -0.39 is 11.9 Å². The molecule has 2 aromatic rings. The summed E-state index contributed by atoms with van der Waals surface area (Å²) in [5.41, 5.74) is 5.77. The van der Waals surface area contributed by atoms with Crippen LogP contribution < -0.4 is 5.73 Å². The Morgan fingerprint density at radius 2 is 2.07 bits per heavy atom. The maximum absolute atomic E-state index is 10.9. The van der Waals surface area contributed by atoms with Gasteiger partial charge in [-0.05, 0) is 12.1 Å². The molecule has 6 heteroatoms. The van der Waals surface area contributed by atoms with E-state index in [9.17, 15) is 9.59 Å². The van der Waals surface area contributed by atoms with E-state index in [1.807, 2.05) is 0 Å². The first-order valence-electron chi connectivity index (χ1n) is 4.10. The number of carbonyl (C=O) groups excluding carboxylic acids is 1. The quantitative estimate of drug-likeness (QED) is 0.728. The highest BCUT2D eigenvalue weighted by Crippen LogP contribution is 2.07. The summed E-state index contributed by atoms with van der Waals surface area (Å²) in [6.07, 6.45) is 2.77. The molecule has 0 aliphatic heterocycles. The van der Waals surface area contributed by atoms with E-state index in [-0.39, 0.29) is 5.69 Å². The number of amides is 1. The minimum Gasteiger partial charge on any atom is -0.476 e. The zero-order chi connectivity index (χ0) is 11.0. The number of aromatic carboxylic acids is 1. The van der Waals surface area contributed by atoms with E-state index in [4.69, 9.17) is 10.8 Å². The van der Waals surface area contributed by atoms with Crippen LogP contribution in [0, 0.1) is 0 Å². The Bertz CT molecular complexity index is 547. The third kappa shape index (κ3) is 1.52. The van der Waals surface area contributed by atoms with Crippen molar-refractivity contribution in [2.45, 2.75) is 0 Å². The number of hydrogen-bond donors (Lipinski definition) is 2. The van der Waals surface area contributed by atoms with Gasteiger partial charge in [-0.1, -0.05) is 0 Å². The summed E-state index contributed by atoms with van der Waals surface area (Å²) in [6, 6.07) is 3.03. The van der Waals surface area contributed by atoms with Crippen molar-refractivity contribution in [2.75, 3.05) is 0 Å². The summed E-state index contributed by atoms with van der Waals surface area (Å²) >= 11 is 0. The lowest BCUT2D eigenvalue weighted by Gasteiger charge is -1.95. The van der Waals surface area contributed by atoms with Crippen LogP contribution in [0.25, 0.3) is 5.65 Å². The van der Waals surface area contributed by atoms with E-state index in [0.717, 1.165) is 0 Å². The molecule has 0 bridgehead atoms. The molecule has 15 heavy (non-hydrogen) atoms. The minimum atomic E-state index is -1.11. The number of nitrogens with two attached hydrogens (primary N) is 1. The molecule has 0 unspecified atom stereocenters. The molecular formula is C9H7N3O3. The number of carbonyl (C=O) groups is 2. The zero-order valence-electron chi connectivity index (χ0n) is 7.54. The van der Waals surface area contributed by atoms with Gasteiger partial charge in [-0.25, -0.2) is 9.78 Å². The molecule has 6 nitrogen and oxygen atoms in total. The van der Waals surface area contributed by atoms with E-state index in [1.54, 1.807) is 0 Å². The Hall–Kier alpha value is -2.37. The number of nitrogens with zero attached hydrogens (tertiary/aromatic N) is 2. The number of fused-ring (bicyclic) bond motifs is 1. The molecule has 0 saturated heterocycles. The molecule has 2 rings (SSSR count). The van der Waals surface area contributed by atoms with E-state index in [0.29, 0.717) is 11.2 Å². The smallest absolute Gasteiger partial charge is 0.356 e. The minimum absolute atomic E-state index is 0.0726. The van der Waals surface area contributed by atoms with Gasteiger partial charge < -0.3 is 15.2 Å². The van der Waals surface area contributed by atoms with Crippen LogP contribution >= 0.6 is 0 Å². The lowest BCUT2D eigenvalue weighted by Crippen LogP contribution is -2.11. The topological polar surface area (TPSA) is 97.7 Å². The van der Waals surface area contributed by atoms with Crippen LogP contribution in [0.5, 0.6) is 0 Å².